The zero-order valence-corrected chi connectivity index (χ0v) is 19.9. The van der Waals surface area contributed by atoms with Gasteiger partial charge in [-0.3, -0.25) is 9.59 Å². The summed E-state index contributed by atoms with van der Waals surface area (Å²) in [7, 11) is -3.64. The average Bonchev–Trinajstić information content (AvgIpc) is 2.79. The van der Waals surface area contributed by atoms with Gasteiger partial charge < -0.3 is 14.8 Å². The van der Waals surface area contributed by atoms with Crippen molar-refractivity contribution in [2.45, 2.75) is 44.2 Å². The highest BCUT2D eigenvalue weighted by Crippen LogP contribution is 2.21. The molecule has 3 rings (SSSR count). The van der Waals surface area contributed by atoms with E-state index < -0.39 is 27.9 Å². The Morgan fingerprint density at radius 2 is 1.64 bits per heavy atom. The Kier molecular flexibility index (Phi) is 8.23. The first-order chi connectivity index (χ1) is 15.7. The largest absolute Gasteiger partial charge is 0.463 e. The van der Waals surface area contributed by atoms with Crippen LogP contribution >= 0.6 is 0 Å². The van der Waals surface area contributed by atoms with Crippen LogP contribution in [0.15, 0.2) is 53.4 Å². The molecular formula is C24H30N2O6S. The van der Waals surface area contributed by atoms with E-state index >= 15 is 0 Å². The van der Waals surface area contributed by atoms with E-state index in [4.69, 9.17) is 9.47 Å². The van der Waals surface area contributed by atoms with E-state index in [0.29, 0.717) is 31.9 Å². The first kappa shape index (κ1) is 24.9. The van der Waals surface area contributed by atoms with Crippen molar-refractivity contribution < 1.29 is 27.5 Å². The molecule has 0 aliphatic carbocycles. The normalized spacial score (nSPS) is 15.8. The van der Waals surface area contributed by atoms with E-state index in [1.54, 1.807) is 13.8 Å². The number of esters is 1. The second kappa shape index (κ2) is 10.9. The van der Waals surface area contributed by atoms with Gasteiger partial charge in [0.15, 0.2) is 0 Å². The number of nitrogens with one attached hydrogen (secondary N) is 1. The van der Waals surface area contributed by atoms with Crippen LogP contribution in [0.4, 0.5) is 0 Å². The highest BCUT2D eigenvalue weighted by molar-refractivity contribution is 7.89. The van der Waals surface area contributed by atoms with Crippen molar-refractivity contribution in [1.82, 2.24) is 9.62 Å². The van der Waals surface area contributed by atoms with E-state index in [1.165, 1.54) is 28.6 Å². The lowest BCUT2D eigenvalue weighted by atomic mass is 10.0. The molecule has 8 nitrogen and oxygen atoms in total. The Balaban J connectivity index is 1.75. The summed E-state index contributed by atoms with van der Waals surface area (Å²) in [6, 6.07) is 12.8. The molecule has 1 aliphatic heterocycles. The van der Waals surface area contributed by atoms with Gasteiger partial charge in [0.25, 0.3) is 5.91 Å². The van der Waals surface area contributed by atoms with Gasteiger partial charge in [-0.1, -0.05) is 29.8 Å². The number of hydrogen-bond acceptors (Lipinski definition) is 6. The quantitative estimate of drug-likeness (QED) is 0.591. The van der Waals surface area contributed by atoms with Crippen molar-refractivity contribution in [1.29, 1.82) is 0 Å². The lowest BCUT2D eigenvalue weighted by molar-refractivity contribution is -0.147. The van der Waals surface area contributed by atoms with Gasteiger partial charge in [-0.2, -0.15) is 4.31 Å². The minimum absolute atomic E-state index is 0.0174. The molecule has 0 spiro atoms. The van der Waals surface area contributed by atoms with Crippen molar-refractivity contribution in [3.05, 3.63) is 65.2 Å². The van der Waals surface area contributed by atoms with Crippen LogP contribution in [-0.4, -0.2) is 57.0 Å². The third-order valence-corrected chi connectivity index (χ3v) is 7.16. The number of nitrogens with zero attached hydrogens (tertiary/aromatic N) is 1. The van der Waals surface area contributed by atoms with Gasteiger partial charge in [-0.05, 0) is 50.6 Å². The minimum Gasteiger partial charge on any atom is -0.463 e. The summed E-state index contributed by atoms with van der Waals surface area (Å²) >= 11 is 0. The first-order valence-electron chi connectivity index (χ1n) is 10.9. The fourth-order valence-corrected chi connectivity index (χ4v) is 4.89. The van der Waals surface area contributed by atoms with Crippen LogP contribution in [0.3, 0.4) is 0 Å². The van der Waals surface area contributed by atoms with Crippen LogP contribution in [0, 0.1) is 6.92 Å². The third kappa shape index (κ3) is 6.63. The molecule has 1 amide bonds. The molecule has 2 aromatic carbocycles. The Labute approximate surface area is 194 Å². The minimum atomic E-state index is -3.64. The monoisotopic (exact) mass is 474 g/mol. The molecule has 0 aromatic heterocycles. The molecule has 178 valence electrons. The van der Waals surface area contributed by atoms with Crippen molar-refractivity contribution in [3.63, 3.8) is 0 Å². The maximum absolute atomic E-state index is 12.9. The number of rotatable bonds is 8. The summed E-state index contributed by atoms with van der Waals surface area (Å²) in [6.07, 6.45) is -0.274. The van der Waals surface area contributed by atoms with Gasteiger partial charge in [0.2, 0.25) is 10.0 Å². The summed E-state index contributed by atoms with van der Waals surface area (Å²) in [4.78, 5) is 25.3. The highest BCUT2D eigenvalue weighted by atomic mass is 32.2. The molecule has 0 saturated carbocycles. The number of sulfonamides is 1. The number of ether oxygens (including phenoxy) is 2. The molecular weight excluding hydrogens is 444 g/mol. The fourth-order valence-electron chi connectivity index (χ4n) is 3.48. The fraction of sp³-hybridized carbons (Fsp3) is 0.417. The molecule has 9 heteroatoms. The van der Waals surface area contributed by atoms with E-state index in [9.17, 15) is 18.0 Å². The van der Waals surface area contributed by atoms with Crippen LogP contribution < -0.4 is 5.32 Å². The second-order valence-corrected chi connectivity index (χ2v) is 10.2. The Hall–Kier alpha value is -2.75. The van der Waals surface area contributed by atoms with Gasteiger partial charge in [0, 0.05) is 18.7 Å². The molecule has 2 aromatic rings. The smallest absolute Gasteiger partial charge is 0.308 e. The van der Waals surface area contributed by atoms with Gasteiger partial charge in [0.05, 0.1) is 36.7 Å². The Morgan fingerprint density at radius 1 is 1.03 bits per heavy atom. The molecule has 0 bridgehead atoms. The third-order valence-electron chi connectivity index (χ3n) is 5.25. The number of carbonyl (C=O) groups excluding carboxylic acids is 2. The maximum atomic E-state index is 12.9. The van der Waals surface area contributed by atoms with Crippen molar-refractivity contribution >= 4 is 21.9 Å². The number of benzene rings is 2. The van der Waals surface area contributed by atoms with Crippen molar-refractivity contribution in [2.24, 2.45) is 0 Å². The predicted molar refractivity (Wildman–Crippen MR) is 123 cm³/mol. The molecule has 33 heavy (non-hydrogen) atoms. The standard InChI is InChI=1S/C24H30N2O6S/c1-17(2)32-23(27)16-22(19-6-4-18(3)5-7-19)25-24(28)20-8-10-21(11-9-20)33(29,30)26-12-14-31-15-13-26/h4-11,17,22H,12-16H2,1-3H3,(H,25,28). The maximum Gasteiger partial charge on any atom is 0.308 e. The molecule has 1 atom stereocenters. The van der Waals surface area contributed by atoms with E-state index in [1.807, 2.05) is 31.2 Å². The van der Waals surface area contributed by atoms with Crippen molar-refractivity contribution in [3.8, 4) is 0 Å². The first-order valence-corrected chi connectivity index (χ1v) is 12.4. The number of carbonyl (C=O) groups is 2. The van der Waals surface area contributed by atoms with E-state index in [0.717, 1.165) is 11.1 Å². The number of hydrogen-bond donors (Lipinski definition) is 1. The molecule has 1 aliphatic rings. The number of morpholine rings is 1. The Bertz CT molecular complexity index is 1060. The zero-order valence-electron chi connectivity index (χ0n) is 19.1. The summed E-state index contributed by atoms with van der Waals surface area (Å²) in [6.45, 7) is 6.81. The van der Waals surface area contributed by atoms with Crippen LogP contribution in [-0.2, 0) is 24.3 Å². The summed E-state index contributed by atoms with van der Waals surface area (Å²) < 4.78 is 37.4. The molecule has 1 N–H and O–H groups in total. The average molecular weight is 475 g/mol. The van der Waals surface area contributed by atoms with Crippen LogP contribution in [0.2, 0.25) is 0 Å². The van der Waals surface area contributed by atoms with Crippen LogP contribution in [0.1, 0.15) is 47.8 Å². The van der Waals surface area contributed by atoms with E-state index in [-0.39, 0.29) is 17.4 Å². The summed E-state index contributed by atoms with van der Waals surface area (Å²) in [5.41, 5.74) is 2.14. The van der Waals surface area contributed by atoms with Crippen LogP contribution in [0.5, 0.6) is 0 Å². The van der Waals surface area contributed by atoms with Crippen LogP contribution in [0.25, 0.3) is 0 Å². The second-order valence-electron chi connectivity index (χ2n) is 8.22. The Morgan fingerprint density at radius 3 is 2.21 bits per heavy atom. The van der Waals surface area contributed by atoms with Gasteiger partial charge in [0.1, 0.15) is 0 Å². The number of amides is 1. The van der Waals surface area contributed by atoms with Crippen molar-refractivity contribution in [2.75, 3.05) is 26.3 Å². The lowest BCUT2D eigenvalue weighted by Crippen LogP contribution is -2.40. The summed E-state index contributed by atoms with van der Waals surface area (Å²) in [5.74, 6) is -0.823. The molecule has 1 fully saturated rings. The molecule has 1 heterocycles. The SMILES string of the molecule is Cc1ccc(C(CC(=O)OC(C)C)NC(=O)c2ccc(S(=O)(=O)N3CCOCC3)cc2)cc1. The number of aryl methyl sites for hydroxylation is 1. The topological polar surface area (TPSA) is 102 Å². The summed E-state index contributed by atoms with van der Waals surface area (Å²) in [5, 5.41) is 2.88. The van der Waals surface area contributed by atoms with Gasteiger partial charge in [-0.15, -0.1) is 0 Å². The molecule has 1 unspecified atom stereocenters. The lowest BCUT2D eigenvalue weighted by Gasteiger charge is -2.26. The predicted octanol–water partition coefficient (Wildman–Crippen LogP) is 2.83. The van der Waals surface area contributed by atoms with Gasteiger partial charge >= 0.3 is 5.97 Å². The zero-order chi connectivity index (χ0) is 24.0. The van der Waals surface area contributed by atoms with Gasteiger partial charge in [-0.25, -0.2) is 8.42 Å². The molecule has 0 radical (unpaired) electrons. The van der Waals surface area contributed by atoms with E-state index in [2.05, 4.69) is 5.32 Å². The molecule has 1 saturated heterocycles. The highest BCUT2D eigenvalue weighted by Gasteiger charge is 2.27.